The largest absolute Gasteiger partial charge is 0.293 e. The molecule has 0 saturated carbocycles. The van der Waals surface area contributed by atoms with Crippen molar-refractivity contribution in [2.75, 3.05) is 0 Å². The third kappa shape index (κ3) is 2.21. The number of hydrogen-bond acceptors (Lipinski definition) is 3. The van der Waals surface area contributed by atoms with Gasteiger partial charge in [-0.2, -0.15) is 5.10 Å². The Labute approximate surface area is 139 Å². The number of hydrogen-bond donors (Lipinski definition) is 0. The summed E-state index contributed by atoms with van der Waals surface area (Å²) in [5.41, 5.74) is 3.55. The predicted octanol–water partition coefficient (Wildman–Crippen LogP) is 2.89. The van der Waals surface area contributed by atoms with Crippen molar-refractivity contribution >= 4 is 21.8 Å². The fraction of sp³-hybridized carbons (Fsp3) is 0.211. The highest BCUT2D eigenvalue weighted by molar-refractivity contribution is 5.86. The topological polar surface area (TPSA) is 52.7 Å². The van der Waals surface area contributed by atoms with E-state index in [2.05, 4.69) is 41.3 Å². The Morgan fingerprint density at radius 3 is 2.79 bits per heavy atom. The number of benzene rings is 2. The van der Waals surface area contributed by atoms with E-state index in [0.29, 0.717) is 17.6 Å². The molecule has 4 rings (SSSR count). The number of aromatic nitrogens is 4. The zero-order valence-corrected chi connectivity index (χ0v) is 13.7. The van der Waals surface area contributed by atoms with Crippen LogP contribution in [0.25, 0.3) is 21.8 Å². The normalized spacial score (nSPS) is 11.4. The van der Waals surface area contributed by atoms with E-state index >= 15 is 0 Å². The molecule has 0 unspecified atom stereocenters. The van der Waals surface area contributed by atoms with Crippen molar-refractivity contribution in [3.8, 4) is 0 Å². The minimum Gasteiger partial charge on any atom is -0.293 e. The highest BCUT2D eigenvalue weighted by atomic mass is 16.1. The predicted molar refractivity (Wildman–Crippen MR) is 95.2 cm³/mol. The summed E-state index contributed by atoms with van der Waals surface area (Å²) < 4.78 is 3.26. The highest BCUT2D eigenvalue weighted by Crippen LogP contribution is 2.23. The van der Waals surface area contributed by atoms with Crippen LogP contribution in [-0.4, -0.2) is 19.3 Å². The summed E-state index contributed by atoms with van der Waals surface area (Å²) in [5, 5.41) is 6.51. The van der Waals surface area contributed by atoms with Gasteiger partial charge in [-0.15, -0.1) is 0 Å². The van der Waals surface area contributed by atoms with E-state index < -0.39 is 0 Å². The Morgan fingerprint density at radius 1 is 1.12 bits per heavy atom. The monoisotopic (exact) mass is 318 g/mol. The summed E-state index contributed by atoms with van der Waals surface area (Å²) in [7, 11) is 1.77. The van der Waals surface area contributed by atoms with Crippen molar-refractivity contribution in [1.29, 1.82) is 0 Å². The van der Waals surface area contributed by atoms with Crippen molar-refractivity contribution < 1.29 is 0 Å². The van der Waals surface area contributed by atoms with Crippen LogP contribution in [-0.2, 0) is 20.0 Å². The third-order valence-electron chi connectivity index (χ3n) is 4.57. The maximum atomic E-state index is 12.8. The first kappa shape index (κ1) is 14.6. The maximum Gasteiger partial charge on any atom is 0.279 e. The van der Waals surface area contributed by atoms with Crippen LogP contribution in [0.2, 0.25) is 0 Å². The molecule has 0 atom stereocenters. The first-order chi connectivity index (χ1) is 11.7. The van der Waals surface area contributed by atoms with E-state index in [9.17, 15) is 4.79 Å². The lowest BCUT2D eigenvalue weighted by Gasteiger charge is -2.13. The zero-order chi connectivity index (χ0) is 16.7. The molecular formula is C19H18N4O. The van der Waals surface area contributed by atoms with Crippen molar-refractivity contribution in [3.63, 3.8) is 0 Å². The maximum absolute atomic E-state index is 12.8. The van der Waals surface area contributed by atoms with Crippen molar-refractivity contribution in [3.05, 3.63) is 70.4 Å². The summed E-state index contributed by atoms with van der Waals surface area (Å²) >= 11 is 0. The van der Waals surface area contributed by atoms with Gasteiger partial charge in [0, 0.05) is 7.05 Å². The molecule has 5 heteroatoms. The van der Waals surface area contributed by atoms with Crippen molar-refractivity contribution in [1.82, 2.24) is 19.3 Å². The first-order valence-electron chi connectivity index (χ1n) is 8.05. The van der Waals surface area contributed by atoms with Crippen LogP contribution < -0.4 is 5.56 Å². The Morgan fingerprint density at radius 2 is 1.96 bits per heavy atom. The van der Waals surface area contributed by atoms with Gasteiger partial charge in [0.05, 0.1) is 19.1 Å². The standard InChI is InChI=1S/C19H18N4O/c1-3-13-8-9-14-6-4-5-7-15(14)16(13)11-23-12-20-17-10-21-22(2)18(17)19(23)24/h4-10,12H,3,11H2,1-2H3. The molecule has 0 bridgehead atoms. The van der Waals surface area contributed by atoms with Crippen LogP contribution >= 0.6 is 0 Å². The second-order valence-corrected chi connectivity index (χ2v) is 5.96. The molecule has 4 aromatic rings. The second-order valence-electron chi connectivity index (χ2n) is 5.96. The van der Waals surface area contributed by atoms with E-state index in [-0.39, 0.29) is 5.56 Å². The molecule has 24 heavy (non-hydrogen) atoms. The SMILES string of the molecule is CCc1ccc2ccccc2c1Cn1cnc2cnn(C)c2c1=O. The minimum absolute atomic E-state index is 0.0602. The van der Waals surface area contributed by atoms with Gasteiger partial charge in [0.25, 0.3) is 5.56 Å². The summed E-state index contributed by atoms with van der Waals surface area (Å²) in [6.45, 7) is 2.65. The summed E-state index contributed by atoms with van der Waals surface area (Å²) in [4.78, 5) is 17.2. The zero-order valence-electron chi connectivity index (χ0n) is 13.7. The van der Waals surface area contributed by atoms with Gasteiger partial charge in [-0.3, -0.25) is 14.0 Å². The molecular weight excluding hydrogens is 300 g/mol. The molecule has 5 nitrogen and oxygen atoms in total. The second kappa shape index (κ2) is 5.60. The number of aryl methyl sites for hydroxylation is 2. The quantitative estimate of drug-likeness (QED) is 0.583. The number of fused-ring (bicyclic) bond motifs is 2. The molecule has 0 aliphatic heterocycles. The summed E-state index contributed by atoms with van der Waals surface area (Å²) in [6.07, 6.45) is 4.17. The Kier molecular flexibility index (Phi) is 3.41. The number of nitrogens with zero attached hydrogens (tertiary/aromatic N) is 4. The molecule has 0 N–H and O–H groups in total. The van der Waals surface area contributed by atoms with Crippen molar-refractivity contribution in [2.24, 2.45) is 7.05 Å². The van der Waals surface area contributed by atoms with E-state index in [1.807, 2.05) is 12.1 Å². The van der Waals surface area contributed by atoms with Crippen LogP contribution in [0, 0.1) is 0 Å². The number of rotatable bonds is 3. The molecule has 0 amide bonds. The van der Waals surface area contributed by atoms with E-state index in [1.54, 1.807) is 28.8 Å². The molecule has 0 spiro atoms. The molecule has 0 aliphatic carbocycles. The van der Waals surface area contributed by atoms with E-state index in [0.717, 1.165) is 6.42 Å². The van der Waals surface area contributed by atoms with Gasteiger partial charge in [-0.05, 0) is 28.3 Å². The minimum atomic E-state index is -0.0602. The van der Waals surface area contributed by atoms with Gasteiger partial charge in [-0.1, -0.05) is 43.3 Å². The molecule has 2 aromatic heterocycles. The molecule has 0 saturated heterocycles. The molecule has 0 radical (unpaired) electrons. The van der Waals surface area contributed by atoms with E-state index in [1.165, 1.54) is 21.9 Å². The smallest absolute Gasteiger partial charge is 0.279 e. The highest BCUT2D eigenvalue weighted by Gasteiger charge is 2.12. The molecule has 0 fully saturated rings. The van der Waals surface area contributed by atoms with Gasteiger partial charge in [0.1, 0.15) is 5.52 Å². The Balaban J connectivity index is 1.92. The Bertz CT molecular complexity index is 1110. The molecule has 2 aromatic carbocycles. The molecule has 120 valence electrons. The van der Waals surface area contributed by atoms with Gasteiger partial charge in [0.2, 0.25) is 0 Å². The average Bonchev–Trinajstić information content (AvgIpc) is 2.99. The van der Waals surface area contributed by atoms with Crippen molar-refractivity contribution in [2.45, 2.75) is 19.9 Å². The summed E-state index contributed by atoms with van der Waals surface area (Å²) in [6, 6.07) is 12.6. The molecule has 2 heterocycles. The first-order valence-corrected chi connectivity index (χ1v) is 8.05. The van der Waals surface area contributed by atoms with E-state index in [4.69, 9.17) is 0 Å². The molecule has 0 aliphatic rings. The van der Waals surface area contributed by atoms with Gasteiger partial charge in [-0.25, -0.2) is 4.98 Å². The lowest BCUT2D eigenvalue weighted by atomic mass is 9.97. The van der Waals surface area contributed by atoms with Gasteiger partial charge in [0.15, 0.2) is 5.52 Å². The van der Waals surface area contributed by atoms with Crippen LogP contribution in [0.4, 0.5) is 0 Å². The fourth-order valence-electron chi connectivity index (χ4n) is 3.27. The Hall–Kier alpha value is -2.95. The van der Waals surface area contributed by atoms with Crippen LogP contribution in [0.5, 0.6) is 0 Å². The fourth-order valence-corrected chi connectivity index (χ4v) is 3.27. The van der Waals surface area contributed by atoms with Crippen LogP contribution in [0.15, 0.2) is 53.7 Å². The van der Waals surface area contributed by atoms with Gasteiger partial charge >= 0.3 is 0 Å². The average molecular weight is 318 g/mol. The lowest BCUT2D eigenvalue weighted by molar-refractivity contribution is 0.728. The lowest BCUT2D eigenvalue weighted by Crippen LogP contribution is -2.23. The van der Waals surface area contributed by atoms with Gasteiger partial charge < -0.3 is 0 Å². The third-order valence-corrected chi connectivity index (χ3v) is 4.57. The summed E-state index contributed by atoms with van der Waals surface area (Å²) in [5.74, 6) is 0. The van der Waals surface area contributed by atoms with Crippen LogP contribution in [0.1, 0.15) is 18.1 Å². The van der Waals surface area contributed by atoms with Crippen LogP contribution in [0.3, 0.4) is 0 Å².